The van der Waals surface area contributed by atoms with Gasteiger partial charge in [-0.1, -0.05) is 0 Å². The second-order valence-electron chi connectivity index (χ2n) is 4.69. The molecular formula is C12H15N5OS. The predicted octanol–water partition coefficient (Wildman–Crippen LogP) is 1.64. The standard InChI is InChI=1S/C12H15N5OS/c13-9-8(7-1-2-7)12(19-10(9)11(14)18)15-3-6-4-16-17-5-6/h4-5,7,15H,1-3,13H2,(H2,14,18)(H,16,17). The van der Waals surface area contributed by atoms with Crippen molar-refractivity contribution in [2.75, 3.05) is 11.1 Å². The van der Waals surface area contributed by atoms with E-state index >= 15 is 0 Å². The van der Waals surface area contributed by atoms with Crippen molar-refractivity contribution < 1.29 is 4.79 Å². The van der Waals surface area contributed by atoms with Gasteiger partial charge < -0.3 is 16.8 Å². The molecule has 1 fully saturated rings. The summed E-state index contributed by atoms with van der Waals surface area (Å²) in [5.74, 6) is 0.0111. The summed E-state index contributed by atoms with van der Waals surface area (Å²) in [5.41, 5.74) is 14.1. The van der Waals surface area contributed by atoms with Gasteiger partial charge in [-0.05, 0) is 18.8 Å². The molecule has 0 unspecified atom stereocenters. The van der Waals surface area contributed by atoms with E-state index in [-0.39, 0.29) is 0 Å². The molecule has 100 valence electrons. The van der Waals surface area contributed by atoms with Crippen LogP contribution in [0.2, 0.25) is 0 Å². The van der Waals surface area contributed by atoms with E-state index in [2.05, 4.69) is 15.5 Å². The number of nitrogens with two attached hydrogens (primary N) is 2. The van der Waals surface area contributed by atoms with E-state index in [1.165, 1.54) is 11.3 Å². The molecule has 0 spiro atoms. The van der Waals surface area contributed by atoms with Gasteiger partial charge >= 0.3 is 0 Å². The quantitative estimate of drug-likeness (QED) is 0.666. The molecule has 0 aromatic carbocycles. The molecule has 1 aliphatic carbocycles. The Hall–Kier alpha value is -2.02. The summed E-state index contributed by atoms with van der Waals surface area (Å²) in [6, 6.07) is 0. The molecule has 6 N–H and O–H groups in total. The minimum Gasteiger partial charge on any atom is -0.397 e. The van der Waals surface area contributed by atoms with Gasteiger partial charge in [-0.25, -0.2) is 0 Å². The van der Waals surface area contributed by atoms with Gasteiger partial charge in [0.1, 0.15) is 4.88 Å². The van der Waals surface area contributed by atoms with Crippen molar-refractivity contribution in [1.29, 1.82) is 0 Å². The molecule has 2 heterocycles. The lowest BCUT2D eigenvalue weighted by molar-refractivity contribution is 0.100. The Morgan fingerprint density at radius 3 is 2.95 bits per heavy atom. The van der Waals surface area contributed by atoms with E-state index in [0.29, 0.717) is 23.0 Å². The van der Waals surface area contributed by atoms with Crippen LogP contribution >= 0.6 is 11.3 Å². The number of carbonyl (C=O) groups is 1. The van der Waals surface area contributed by atoms with Crippen molar-refractivity contribution in [2.45, 2.75) is 25.3 Å². The molecule has 1 saturated carbocycles. The number of nitrogens with zero attached hydrogens (tertiary/aromatic N) is 1. The zero-order valence-electron chi connectivity index (χ0n) is 10.3. The van der Waals surface area contributed by atoms with Gasteiger partial charge in [0.2, 0.25) is 0 Å². The fraction of sp³-hybridized carbons (Fsp3) is 0.333. The summed E-state index contributed by atoms with van der Waals surface area (Å²) in [4.78, 5) is 11.8. The molecule has 0 atom stereocenters. The van der Waals surface area contributed by atoms with Crippen molar-refractivity contribution >= 4 is 27.9 Å². The summed E-state index contributed by atoms with van der Waals surface area (Å²) in [7, 11) is 0. The zero-order chi connectivity index (χ0) is 13.4. The summed E-state index contributed by atoms with van der Waals surface area (Å²) >= 11 is 1.34. The first-order chi connectivity index (χ1) is 9.16. The number of nitrogen functional groups attached to an aromatic ring is 1. The molecule has 0 saturated heterocycles. The first kappa shape index (κ1) is 12.0. The predicted molar refractivity (Wildman–Crippen MR) is 75.1 cm³/mol. The van der Waals surface area contributed by atoms with Crippen LogP contribution in [0.25, 0.3) is 0 Å². The van der Waals surface area contributed by atoms with E-state index in [1.54, 1.807) is 6.20 Å². The van der Waals surface area contributed by atoms with Crippen LogP contribution < -0.4 is 16.8 Å². The van der Waals surface area contributed by atoms with Gasteiger partial charge in [0.25, 0.3) is 5.91 Å². The monoisotopic (exact) mass is 277 g/mol. The number of aromatic nitrogens is 2. The number of aromatic amines is 1. The van der Waals surface area contributed by atoms with Crippen LogP contribution in [-0.4, -0.2) is 16.1 Å². The maximum Gasteiger partial charge on any atom is 0.260 e. The van der Waals surface area contributed by atoms with E-state index in [1.807, 2.05) is 6.20 Å². The van der Waals surface area contributed by atoms with Crippen LogP contribution in [0.5, 0.6) is 0 Å². The molecule has 0 radical (unpaired) electrons. The van der Waals surface area contributed by atoms with E-state index in [4.69, 9.17) is 11.5 Å². The van der Waals surface area contributed by atoms with E-state index < -0.39 is 5.91 Å². The van der Waals surface area contributed by atoms with Gasteiger partial charge in [0.05, 0.1) is 16.9 Å². The Bertz CT molecular complexity index is 600. The van der Waals surface area contributed by atoms with Gasteiger partial charge in [-0.3, -0.25) is 9.89 Å². The fourth-order valence-electron chi connectivity index (χ4n) is 2.10. The highest BCUT2D eigenvalue weighted by Crippen LogP contribution is 2.50. The Morgan fingerprint density at radius 1 is 1.58 bits per heavy atom. The topological polar surface area (TPSA) is 110 Å². The number of thiophene rings is 1. The number of hydrogen-bond acceptors (Lipinski definition) is 5. The smallest absolute Gasteiger partial charge is 0.260 e. The van der Waals surface area contributed by atoms with Crippen LogP contribution in [0.4, 0.5) is 10.7 Å². The first-order valence-corrected chi connectivity index (χ1v) is 6.92. The van der Waals surface area contributed by atoms with E-state index in [0.717, 1.165) is 29.0 Å². The number of carbonyl (C=O) groups excluding carboxylic acids is 1. The molecule has 0 aliphatic heterocycles. The third-order valence-electron chi connectivity index (χ3n) is 3.20. The van der Waals surface area contributed by atoms with Crippen LogP contribution in [0, 0.1) is 0 Å². The Kier molecular flexibility index (Phi) is 2.90. The molecule has 1 aliphatic rings. The maximum atomic E-state index is 11.4. The summed E-state index contributed by atoms with van der Waals surface area (Å²) in [6.07, 6.45) is 5.84. The van der Waals surface area contributed by atoms with Crippen LogP contribution in [0.15, 0.2) is 12.4 Å². The number of nitrogens with one attached hydrogen (secondary N) is 2. The average molecular weight is 277 g/mol. The van der Waals surface area contributed by atoms with Crippen molar-refractivity contribution in [3.8, 4) is 0 Å². The van der Waals surface area contributed by atoms with E-state index in [9.17, 15) is 4.79 Å². The molecule has 2 aromatic rings. The van der Waals surface area contributed by atoms with Gasteiger partial charge in [0, 0.05) is 23.9 Å². The van der Waals surface area contributed by atoms with Crippen molar-refractivity contribution in [1.82, 2.24) is 10.2 Å². The largest absolute Gasteiger partial charge is 0.397 e. The number of amides is 1. The number of anilines is 2. The fourth-order valence-corrected chi connectivity index (χ4v) is 3.16. The van der Waals surface area contributed by atoms with Gasteiger partial charge in [0.15, 0.2) is 0 Å². The number of hydrogen-bond donors (Lipinski definition) is 4. The SMILES string of the molecule is NC(=O)c1sc(NCc2cn[nH]c2)c(C2CC2)c1N. The second-order valence-corrected chi connectivity index (χ2v) is 5.71. The lowest BCUT2D eigenvalue weighted by atomic mass is 10.1. The molecule has 19 heavy (non-hydrogen) atoms. The molecule has 2 aromatic heterocycles. The third kappa shape index (κ3) is 2.28. The number of H-pyrrole nitrogens is 1. The highest BCUT2D eigenvalue weighted by atomic mass is 32.1. The lowest BCUT2D eigenvalue weighted by Crippen LogP contribution is -2.11. The average Bonchev–Trinajstić information content (AvgIpc) is 2.96. The second kappa shape index (κ2) is 4.58. The Morgan fingerprint density at radius 2 is 2.37 bits per heavy atom. The van der Waals surface area contributed by atoms with Gasteiger partial charge in [-0.2, -0.15) is 5.10 Å². The molecule has 6 nitrogen and oxygen atoms in total. The van der Waals surface area contributed by atoms with Crippen molar-refractivity contribution in [2.24, 2.45) is 5.73 Å². The number of rotatable bonds is 5. The maximum absolute atomic E-state index is 11.4. The Balaban J connectivity index is 1.86. The molecule has 7 heteroatoms. The molecular weight excluding hydrogens is 262 g/mol. The van der Waals surface area contributed by atoms with Gasteiger partial charge in [-0.15, -0.1) is 11.3 Å². The summed E-state index contributed by atoms with van der Waals surface area (Å²) in [6.45, 7) is 0.647. The van der Waals surface area contributed by atoms with Crippen molar-refractivity contribution in [3.63, 3.8) is 0 Å². The van der Waals surface area contributed by atoms with Crippen LogP contribution in [-0.2, 0) is 6.54 Å². The minimum atomic E-state index is -0.458. The highest BCUT2D eigenvalue weighted by Gasteiger charge is 2.32. The molecule has 0 bridgehead atoms. The Labute approximate surface area is 114 Å². The first-order valence-electron chi connectivity index (χ1n) is 6.10. The normalized spacial score (nSPS) is 14.5. The summed E-state index contributed by atoms with van der Waals surface area (Å²) < 4.78 is 0. The molecule has 3 rings (SSSR count). The highest BCUT2D eigenvalue weighted by molar-refractivity contribution is 7.18. The zero-order valence-corrected chi connectivity index (χ0v) is 11.1. The third-order valence-corrected chi connectivity index (χ3v) is 4.39. The molecule has 1 amide bonds. The van der Waals surface area contributed by atoms with Crippen molar-refractivity contribution in [3.05, 3.63) is 28.4 Å². The minimum absolute atomic E-state index is 0.455. The van der Waals surface area contributed by atoms with Crippen LogP contribution in [0.1, 0.15) is 39.6 Å². The number of primary amides is 1. The summed E-state index contributed by atoms with van der Waals surface area (Å²) in [5, 5.41) is 10.9. The lowest BCUT2D eigenvalue weighted by Gasteiger charge is -2.05. The van der Waals surface area contributed by atoms with Crippen LogP contribution in [0.3, 0.4) is 0 Å².